The summed E-state index contributed by atoms with van der Waals surface area (Å²) in [5.74, 6) is -0.277. The number of H-pyrrole nitrogens is 1. The summed E-state index contributed by atoms with van der Waals surface area (Å²) in [7, 11) is 0. The van der Waals surface area contributed by atoms with Gasteiger partial charge in [0.05, 0.1) is 11.1 Å². The second kappa shape index (κ2) is 3.77. The molecule has 1 aromatic carbocycles. The predicted molar refractivity (Wildman–Crippen MR) is 76.2 cm³/mol. The minimum Gasteiger partial charge on any atom is -0.321 e. The fraction of sp³-hybridized carbons (Fsp3) is 0. The highest BCUT2D eigenvalue weighted by Gasteiger charge is 2.31. The molecule has 2 heterocycles. The van der Waals surface area contributed by atoms with Crippen molar-refractivity contribution in [2.45, 2.75) is 0 Å². The van der Waals surface area contributed by atoms with Gasteiger partial charge >= 0.3 is 0 Å². The number of nitrogens with zero attached hydrogens (tertiary/aromatic N) is 1. The number of ketones is 1. The van der Waals surface area contributed by atoms with E-state index < -0.39 is 5.56 Å². The van der Waals surface area contributed by atoms with Crippen LogP contribution < -0.4 is 5.56 Å². The van der Waals surface area contributed by atoms with Crippen LogP contribution in [0.2, 0.25) is 5.02 Å². The van der Waals surface area contributed by atoms with E-state index in [-0.39, 0.29) is 11.3 Å². The Morgan fingerprint density at radius 3 is 2.75 bits per heavy atom. The van der Waals surface area contributed by atoms with Crippen molar-refractivity contribution >= 4 is 28.3 Å². The molecular formula is C15H7ClN2O2. The van der Waals surface area contributed by atoms with E-state index in [1.54, 1.807) is 24.4 Å². The number of rotatable bonds is 0. The molecule has 0 unspecified atom stereocenters. The van der Waals surface area contributed by atoms with Crippen LogP contribution in [0, 0.1) is 0 Å². The SMILES string of the molecule is O=C1c2cnccc2-c2c1c(=O)[nH]c1cc(Cl)ccc21. The number of hydrogen-bond donors (Lipinski definition) is 1. The summed E-state index contributed by atoms with van der Waals surface area (Å²) >= 11 is 5.95. The van der Waals surface area contributed by atoms with E-state index in [0.29, 0.717) is 21.7 Å². The lowest BCUT2D eigenvalue weighted by Crippen LogP contribution is -2.16. The number of halogens is 1. The van der Waals surface area contributed by atoms with Crippen molar-refractivity contribution in [1.82, 2.24) is 9.97 Å². The normalized spacial score (nSPS) is 12.6. The monoisotopic (exact) mass is 282 g/mol. The van der Waals surface area contributed by atoms with Gasteiger partial charge in [-0.2, -0.15) is 0 Å². The molecule has 0 saturated carbocycles. The first kappa shape index (κ1) is 11.4. The minimum atomic E-state index is -0.393. The smallest absolute Gasteiger partial charge is 0.260 e. The van der Waals surface area contributed by atoms with Crippen molar-refractivity contribution in [1.29, 1.82) is 0 Å². The Morgan fingerprint density at radius 1 is 1.05 bits per heavy atom. The fourth-order valence-corrected chi connectivity index (χ4v) is 2.87. The van der Waals surface area contributed by atoms with Crippen LogP contribution in [0.5, 0.6) is 0 Å². The lowest BCUT2D eigenvalue weighted by molar-refractivity contribution is 0.104. The van der Waals surface area contributed by atoms with Crippen LogP contribution in [0.3, 0.4) is 0 Å². The van der Waals surface area contributed by atoms with Gasteiger partial charge in [0.1, 0.15) is 0 Å². The number of hydrogen-bond acceptors (Lipinski definition) is 3. The molecule has 96 valence electrons. The van der Waals surface area contributed by atoms with Gasteiger partial charge in [-0.05, 0) is 23.8 Å². The molecule has 0 aliphatic heterocycles. The summed E-state index contributed by atoms with van der Waals surface area (Å²) in [5.41, 5.74) is 2.30. The molecule has 4 rings (SSSR count). The molecule has 0 radical (unpaired) electrons. The second-order valence-corrected chi connectivity index (χ2v) is 5.08. The van der Waals surface area contributed by atoms with Crippen LogP contribution in [0.4, 0.5) is 0 Å². The van der Waals surface area contributed by atoms with Gasteiger partial charge in [0, 0.05) is 33.9 Å². The molecule has 1 N–H and O–H groups in total. The van der Waals surface area contributed by atoms with E-state index >= 15 is 0 Å². The van der Waals surface area contributed by atoms with E-state index in [0.717, 1.165) is 10.9 Å². The molecule has 1 aliphatic rings. The maximum Gasteiger partial charge on any atom is 0.260 e. The summed E-state index contributed by atoms with van der Waals surface area (Å²) in [5, 5.41) is 1.34. The summed E-state index contributed by atoms with van der Waals surface area (Å²) in [6, 6.07) is 7.00. The van der Waals surface area contributed by atoms with E-state index in [9.17, 15) is 9.59 Å². The van der Waals surface area contributed by atoms with Gasteiger partial charge in [-0.25, -0.2) is 0 Å². The number of nitrogens with one attached hydrogen (secondary N) is 1. The molecule has 0 bridgehead atoms. The van der Waals surface area contributed by atoms with Gasteiger partial charge in [-0.15, -0.1) is 0 Å². The molecule has 4 nitrogen and oxygen atoms in total. The Kier molecular flexibility index (Phi) is 2.15. The third-order valence-corrected chi connectivity index (χ3v) is 3.77. The third-order valence-electron chi connectivity index (χ3n) is 3.54. The number of fused-ring (bicyclic) bond motifs is 5. The van der Waals surface area contributed by atoms with Crippen molar-refractivity contribution < 1.29 is 4.79 Å². The highest BCUT2D eigenvalue weighted by atomic mass is 35.5. The second-order valence-electron chi connectivity index (χ2n) is 4.64. The Bertz CT molecular complexity index is 960. The highest BCUT2D eigenvalue weighted by molar-refractivity contribution is 6.31. The van der Waals surface area contributed by atoms with Gasteiger partial charge < -0.3 is 4.98 Å². The fourth-order valence-electron chi connectivity index (χ4n) is 2.70. The van der Waals surface area contributed by atoms with Crippen molar-refractivity contribution in [2.75, 3.05) is 0 Å². The van der Waals surface area contributed by atoms with Gasteiger partial charge in [0.25, 0.3) is 5.56 Å². The molecule has 3 aromatic rings. The van der Waals surface area contributed by atoms with Crippen molar-refractivity contribution in [3.63, 3.8) is 0 Å². The van der Waals surface area contributed by atoms with Crippen LogP contribution >= 0.6 is 11.6 Å². The zero-order valence-corrected chi connectivity index (χ0v) is 10.9. The molecule has 0 atom stereocenters. The maximum absolute atomic E-state index is 12.3. The van der Waals surface area contributed by atoms with Crippen molar-refractivity contribution in [3.05, 3.63) is 63.2 Å². The first-order chi connectivity index (χ1) is 9.66. The lowest BCUT2D eigenvalue weighted by Gasteiger charge is -2.05. The Labute approximate surface area is 118 Å². The number of carbonyl (C=O) groups is 1. The summed E-state index contributed by atoms with van der Waals surface area (Å²) in [4.78, 5) is 31.2. The molecule has 20 heavy (non-hydrogen) atoms. The largest absolute Gasteiger partial charge is 0.321 e. The van der Waals surface area contributed by atoms with Crippen molar-refractivity contribution in [2.24, 2.45) is 0 Å². The molecule has 0 saturated heterocycles. The average Bonchev–Trinajstić information content (AvgIpc) is 2.74. The summed E-state index contributed by atoms with van der Waals surface area (Å²) < 4.78 is 0. The molecule has 0 spiro atoms. The standard InChI is InChI=1S/C15H7ClN2O2/c16-7-1-2-9-11(5-7)18-15(20)13-12(9)8-3-4-17-6-10(8)14(13)19/h1-6H,(H,18,20). The number of aromatic amines is 1. The van der Waals surface area contributed by atoms with E-state index in [2.05, 4.69) is 9.97 Å². The summed E-state index contributed by atoms with van der Waals surface area (Å²) in [6.07, 6.45) is 3.11. The van der Waals surface area contributed by atoms with Crippen LogP contribution in [0.15, 0.2) is 41.5 Å². The van der Waals surface area contributed by atoms with Gasteiger partial charge in [-0.3, -0.25) is 14.6 Å². The molecule has 0 amide bonds. The minimum absolute atomic E-state index is 0.183. The molecule has 1 aliphatic carbocycles. The zero-order chi connectivity index (χ0) is 13.9. The Hall–Kier alpha value is -2.46. The van der Waals surface area contributed by atoms with E-state index in [4.69, 9.17) is 11.6 Å². The van der Waals surface area contributed by atoms with Crippen LogP contribution in [-0.4, -0.2) is 15.8 Å². The topological polar surface area (TPSA) is 62.8 Å². The molecule has 0 fully saturated rings. The van der Waals surface area contributed by atoms with E-state index in [1.165, 1.54) is 6.20 Å². The lowest BCUT2D eigenvalue weighted by atomic mass is 10.0. The first-order valence-electron chi connectivity index (χ1n) is 6.01. The Balaban J connectivity index is 2.26. The number of pyridine rings is 2. The molecule has 5 heteroatoms. The maximum atomic E-state index is 12.3. The number of carbonyl (C=O) groups excluding carboxylic acids is 1. The van der Waals surface area contributed by atoms with E-state index in [1.807, 2.05) is 6.07 Å². The van der Waals surface area contributed by atoms with Gasteiger partial charge in [0.2, 0.25) is 5.78 Å². The molecule has 2 aromatic heterocycles. The highest BCUT2D eigenvalue weighted by Crippen LogP contribution is 2.38. The Morgan fingerprint density at radius 2 is 1.90 bits per heavy atom. The quantitative estimate of drug-likeness (QED) is 0.539. The predicted octanol–water partition coefficient (Wildman–Crippen LogP) is 2.79. The number of aromatic nitrogens is 2. The van der Waals surface area contributed by atoms with Crippen molar-refractivity contribution in [3.8, 4) is 11.1 Å². The third kappa shape index (κ3) is 1.34. The van der Waals surface area contributed by atoms with Crippen LogP contribution in [0.25, 0.3) is 22.0 Å². The van der Waals surface area contributed by atoms with Gasteiger partial charge in [-0.1, -0.05) is 17.7 Å². The average molecular weight is 283 g/mol. The van der Waals surface area contributed by atoms with Crippen LogP contribution in [0.1, 0.15) is 15.9 Å². The summed E-state index contributed by atoms with van der Waals surface area (Å²) in [6.45, 7) is 0. The molecular weight excluding hydrogens is 276 g/mol. The number of benzene rings is 1. The zero-order valence-electron chi connectivity index (χ0n) is 10.1. The van der Waals surface area contributed by atoms with Gasteiger partial charge in [0.15, 0.2) is 0 Å². The first-order valence-corrected chi connectivity index (χ1v) is 6.39. The van der Waals surface area contributed by atoms with Crippen LogP contribution in [-0.2, 0) is 0 Å².